The van der Waals surface area contributed by atoms with Gasteiger partial charge in [0.15, 0.2) is 0 Å². The summed E-state index contributed by atoms with van der Waals surface area (Å²) in [6, 6.07) is 14.8. The third-order valence-electron chi connectivity index (χ3n) is 2.52. The van der Waals surface area contributed by atoms with Gasteiger partial charge in [-0.15, -0.1) is 0 Å². The zero-order chi connectivity index (χ0) is 13.9. The number of hydrogen-bond donors (Lipinski definition) is 0. The van der Waals surface area contributed by atoms with Gasteiger partial charge >= 0.3 is 7.60 Å². The van der Waals surface area contributed by atoms with Gasteiger partial charge in [0.25, 0.3) is 0 Å². The number of aryl methyl sites for hydroxylation is 2. The van der Waals surface area contributed by atoms with Crippen LogP contribution in [0, 0.1) is 13.8 Å². The Balaban J connectivity index is 2.12. The van der Waals surface area contributed by atoms with Crippen molar-refractivity contribution in [3.8, 4) is 11.5 Å². The standard InChI is InChI=1S/C15H17O3P/c1-12-6-4-8-14(10-12)17-19(3,16)18-15-9-5-7-13(2)11-15/h4-11H,1-3H3. The molecule has 0 bridgehead atoms. The van der Waals surface area contributed by atoms with Crippen molar-refractivity contribution in [2.45, 2.75) is 13.8 Å². The summed E-state index contributed by atoms with van der Waals surface area (Å²) in [6.45, 7) is 5.38. The summed E-state index contributed by atoms with van der Waals surface area (Å²) in [6.07, 6.45) is 0. The first kappa shape index (κ1) is 13.7. The summed E-state index contributed by atoms with van der Waals surface area (Å²) in [7, 11) is -3.18. The van der Waals surface area contributed by atoms with Gasteiger partial charge in [-0.2, -0.15) is 0 Å². The van der Waals surface area contributed by atoms with Crippen LogP contribution in [0.5, 0.6) is 11.5 Å². The van der Waals surface area contributed by atoms with Gasteiger partial charge < -0.3 is 9.05 Å². The van der Waals surface area contributed by atoms with Crippen molar-refractivity contribution in [3.05, 3.63) is 59.7 Å². The smallest absolute Gasteiger partial charge is 0.416 e. The molecule has 0 atom stereocenters. The van der Waals surface area contributed by atoms with E-state index in [2.05, 4.69) is 0 Å². The molecule has 0 aromatic heterocycles. The van der Waals surface area contributed by atoms with Gasteiger partial charge in [-0.05, 0) is 49.2 Å². The van der Waals surface area contributed by atoms with Crippen LogP contribution in [-0.2, 0) is 4.57 Å². The molecule has 0 aliphatic heterocycles. The fourth-order valence-corrected chi connectivity index (χ4v) is 2.78. The van der Waals surface area contributed by atoms with Crippen molar-refractivity contribution < 1.29 is 13.6 Å². The lowest BCUT2D eigenvalue weighted by Gasteiger charge is -2.16. The normalized spacial score (nSPS) is 11.1. The molecule has 3 nitrogen and oxygen atoms in total. The molecule has 0 saturated carbocycles. The predicted octanol–water partition coefficient (Wildman–Crippen LogP) is 4.58. The summed E-state index contributed by atoms with van der Waals surface area (Å²) < 4.78 is 23.3. The summed E-state index contributed by atoms with van der Waals surface area (Å²) >= 11 is 0. The van der Waals surface area contributed by atoms with Gasteiger partial charge in [0.05, 0.1) is 6.66 Å². The van der Waals surface area contributed by atoms with E-state index in [-0.39, 0.29) is 0 Å². The van der Waals surface area contributed by atoms with Crippen LogP contribution in [0.2, 0.25) is 0 Å². The largest absolute Gasteiger partial charge is 0.427 e. The van der Waals surface area contributed by atoms with E-state index >= 15 is 0 Å². The molecule has 0 aliphatic rings. The first-order valence-corrected chi connectivity index (χ1v) is 8.04. The molecule has 0 N–H and O–H groups in total. The highest BCUT2D eigenvalue weighted by molar-refractivity contribution is 7.53. The maximum atomic E-state index is 12.3. The highest BCUT2D eigenvalue weighted by Crippen LogP contribution is 2.44. The molecule has 2 aromatic rings. The van der Waals surface area contributed by atoms with Crippen molar-refractivity contribution in [1.29, 1.82) is 0 Å². The predicted molar refractivity (Wildman–Crippen MR) is 77.1 cm³/mol. The summed E-state index contributed by atoms with van der Waals surface area (Å²) in [5.74, 6) is 1.11. The second kappa shape index (κ2) is 5.50. The molecule has 0 saturated heterocycles. The Hall–Kier alpha value is -1.73. The van der Waals surface area contributed by atoms with Gasteiger partial charge in [0.2, 0.25) is 0 Å². The molecule has 2 aromatic carbocycles. The van der Waals surface area contributed by atoms with Crippen molar-refractivity contribution in [3.63, 3.8) is 0 Å². The average molecular weight is 276 g/mol. The van der Waals surface area contributed by atoms with E-state index in [1.54, 1.807) is 12.1 Å². The summed E-state index contributed by atoms with van der Waals surface area (Å²) in [5.41, 5.74) is 2.10. The lowest BCUT2D eigenvalue weighted by molar-refractivity contribution is 0.393. The van der Waals surface area contributed by atoms with Crippen LogP contribution in [0.1, 0.15) is 11.1 Å². The maximum absolute atomic E-state index is 12.3. The fraction of sp³-hybridized carbons (Fsp3) is 0.200. The highest BCUT2D eigenvalue weighted by Gasteiger charge is 2.20. The van der Waals surface area contributed by atoms with Crippen LogP contribution in [0.25, 0.3) is 0 Å². The first-order valence-electron chi connectivity index (χ1n) is 6.05. The average Bonchev–Trinajstić information content (AvgIpc) is 2.27. The molecule has 100 valence electrons. The minimum atomic E-state index is -3.18. The Morgan fingerprint density at radius 2 is 1.26 bits per heavy atom. The molecule has 0 heterocycles. The van der Waals surface area contributed by atoms with E-state index in [9.17, 15) is 4.57 Å². The zero-order valence-electron chi connectivity index (χ0n) is 11.3. The third kappa shape index (κ3) is 4.15. The van der Waals surface area contributed by atoms with Crippen molar-refractivity contribution in [2.24, 2.45) is 0 Å². The Bertz CT molecular complexity index is 571. The van der Waals surface area contributed by atoms with Gasteiger partial charge in [0.1, 0.15) is 11.5 Å². The topological polar surface area (TPSA) is 35.5 Å². The maximum Gasteiger partial charge on any atom is 0.427 e. The minimum absolute atomic E-state index is 0.554. The van der Waals surface area contributed by atoms with Crippen LogP contribution >= 0.6 is 7.60 Å². The first-order chi connectivity index (χ1) is 8.94. The van der Waals surface area contributed by atoms with Crippen molar-refractivity contribution in [1.82, 2.24) is 0 Å². The van der Waals surface area contributed by atoms with Crippen molar-refractivity contribution in [2.75, 3.05) is 6.66 Å². The molecule has 4 heteroatoms. The summed E-state index contributed by atoms with van der Waals surface area (Å²) in [5, 5.41) is 0. The van der Waals surface area contributed by atoms with Gasteiger partial charge in [-0.1, -0.05) is 24.3 Å². The molecule has 2 rings (SSSR count). The minimum Gasteiger partial charge on any atom is -0.416 e. The molecule has 0 unspecified atom stereocenters. The van der Waals surface area contributed by atoms with Crippen LogP contribution in [0.15, 0.2) is 48.5 Å². The van der Waals surface area contributed by atoms with Gasteiger partial charge in [0, 0.05) is 0 Å². The van der Waals surface area contributed by atoms with E-state index in [0.717, 1.165) is 11.1 Å². The highest BCUT2D eigenvalue weighted by atomic mass is 31.2. The SMILES string of the molecule is Cc1cccc(OP(C)(=O)Oc2cccc(C)c2)c1. The number of hydrogen-bond acceptors (Lipinski definition) is 3. The van der Waals surface area contributed by atoms with Crippen molar-refractivity contribution >= 4 is 7.60 Å². The Kier molecular flexibility index (Phi) is 3.96. The fourth-order valence-electron chi connectivity index (χ4n) is 1.75. The molecule has 19 heavy (non-hydrogen) atoms. The van der Waals surface area contributed by atoms with E-state index in [4.69, 9.17) is 9.05 Å². The Labute approximate surface area is 113 Å². The molecule has 0 amide bonds. The Morgan fingerprint density at radius 3 is 1.63 bits per heavy atom. The molecular weight excluding hydrogens is 259 g/mol. The molecular formula is C15H17O3P. The van der Waals surface area contributed by atoms with Crippen LogP contribution < -0.4 is 9.05 Å². The molecule has 0 aliphatic carbocycles. The quantitative estimate of drug-likeness (QED) is 0.766. The lowest BCUT2D eigenvalue weighted by Crippen LogP contribution is -1.99. The van der Waals surface area contributed by atoms with Crippen LogP contribution in [0.4, 0.5) is 0 Å². The van der Waals surface area contributed by atoms with Crippen LogP contribution in [-0.4, -0.2) is 6.66 Å². The van der Waals surface area contributed by atoms with Gasteiger partial charge in [-0.25, -0.2) is 4.57 Å². The van der Waals surface area contributed by atoms with E-state index in [0.29, 0.717) is 11.5 Å². The van der Waals surface area contributed by atoms with Gasteiger partial charge in [-0.3, -0.25) is 0 Å². The Morgan fingerprint density at radius 1 is 0.842 bits per heavy atom. The summed E-state index contributed by atoms with van der Waals surface area (Å²) in [4.78, 5) is 0. The molecule has 0 radical (unpaired) electrons. The second-order valence-electron chi connectivity index (χ2n) is 4.59. The number of rotatable bonds is 4. The van der Waals surface area contributed by atoms with E-state index in [1.165, 1.54) is 6.66 Å². The molecule has 0 fully saturated rings. The number of benzene rings is 2. The lowest BCUT2D eigenvalue weighted by atomic mass is 10.2. The third-order valence-corrected chi connectivity index (χ3v) is 3.61. The van der Waals surface area contributed by atoms with Crippen LogP contribution in [0.3, 0.4) is 0 Å². The molecule has 0 spiro atoms. The van der Waals surface area contributed by atoms with E-state index in [1.807, 2.05) is 50.2 Å². The second-order valence-corrected chi connectivity index (χ2v) is 6.49. The zero-order valence-corrected chi connectivity index (χ0v) is 12.2. The van der Waals surface area contributed by atoms with E-state index < -0.39 is 7.60 Å². The monoisotopic (exact) mass is 276 g/mol.